The molecule has 1 fully saturated rings. The third-order valence-electron chi connectivity index (χ3n) is 4.41. The summed E-state index contributed by atoms with van der Waals surface area (Å²) in [6, 6.07) is 8.58. The second-order valence-corrected chi connectivity index (χ2v) is 7.45. The number of benzene rings is 1. The number of hydrogen-bond donors (Lipinski definition) is 1. The van der Waals surface area contributed by atoms with Crippen molar-refractivity contribution in [1.82, 2.24) is 10.2 Å². The normalized spacial score (nSPS) is 19.9. The van der Waals surface area contributed by atoms with E-state index in [1.807, 2.05) is 36.5 Å². The summed E-state index contributed by atoms with van der Waals surface area (Å²) in [5.74, 6) is -0.446. The lowest BCUT2D eigenvalue weighted by molar-refractivity contribution is 0.0562. The van der Waals surface area contributed by atoms with Gasteiger partial charge in [-0.3, -0.25) is 9.59 Å². The lowest BCUT2D eigenvalue weighted by Gasteiger charge is -2.35. The number of carbonyl (C=O) groups excluding carboxylic acids is 2. The highest BCUT2D eigenvalue weighted by atomic mass is 32.1. The van der Waals surface area contributed by atoms with Gasteiger partial charge in [0.15, 0.2) is 0 Å². The third kappa shape index (κ3) is 4.22. The van der Waals surface area contributed by atoms with E-state index in [4.69, 9.17) is 0 Å². The van der Waals surface area contributed by atoms with Crippen molar-refractivity contribution in [3.8, 4) is 0 Å². The van der Waals surface area contributed by atoms with Crippen LogP contribution in [0.15, 0.2) is 41.1 Å². The molecule has 1 aliphatic rings. The first-order chi connectivity index (χ1) is 12.4. The molecule has 2 heterocycles. The summed E-state index contributed by atoms with van der Waals surface area (Å²) in [5, 5.41) is 6.41. The zero-order chi connectivity index (χ0) is 18.7. The zero-order valence-electron chi connectivity index (χ0n) is 14.8. The highest BCUT2D eigenvalue weighted by Gasteiger charge is 2.31. The van der Waals surface area contributed by atoms with Gasteiger partial charge in [-0.15, -0.1) is 0 Å². The molecule has 138 valence electrons. The number of halogens is 1. The molecule has 1 aromatic heterocycles. The second kappa shape index (κ2) is 7.86. The lowest BCUT2D eigenvalue weighted by Crippen LogP contribution is -2.53. The fourth-order valence-corrected chi connectivity index (χ4v) is 3.71. The van der Waals surface area contributed by atoms with Crippen molar-refractivity contribution in [2.75, 3.05) is 32.1 Å². The van der Waals surface area contributed by atoms with E-state index in [1.54, 1.807) is 23.6 Å². The molecule has 0 saturated carbocycles. The molecule has 7 heteroatoms. The molecule has 1 aliphatic heterocycles. The number of amides is 2. The number of thiophene rings is 1. The highest BCUT2D eigenvalue weighted by molar-refractivity contribution is 7.08. The van der Waals surface area contributed by atoms with Crippen LogP contribution in [0.1, 0.15) is 27.1 Å². The fourth-order valence-electron chi connectivity index (χ4n) is 3.07. The number of carbonyl (C=O) groups is 2. The van der Waals surface area contributed by atoms with Gasteiger partial charge in [-0.25, -0.2) is 4.39 Å². The Morgan fingerprint density at radius 2 is 2.04 bits per heavy atom. The Morgan fingerprint density at radius 3 is 2.73 bits per heavy atom. The largest absolute Gasteiger partial charge is 0.378 e. The van der Waals surface area contributed by atoms with Crippen molar-refractivity contribution in [1.29, 1.82) is 0 Å². The van der Waals surface area contributed by atoms with E-state index in [0.717, 1.165) is 5.69 Å². The molecular formula is C19H22FN3O2S. The van der Waals surface area contributed by atoms with Gasteiger partial charge in [0.1, 0.15) is 6.17 Å². The minimum absolute atomic E-state index is 0.0514. The van der Waals surface area contributed by atoms with Crippen molar-refractivity contribution in [2.45, 2.75) is 18.6 Å². The summed E-state index contributed by atoms with van der Waals surface area (Å²) in [6.45, 7) is 0.358. The van der Waals surface area contributed by atoms with E-state index >= 15 is 0 Å². The van der Waals surface area contributed by atoms with Crippen LogP contribution >= 0.6 is 11.3 Å². The summed E-state index contributed by atoms with van der Waals surface area (Å²) >= 11 is 1.43. The number of anilines is 1. The van der Waals surface area contributed by atoms with Crippen molar-refractivity contribution < 1.29 is 14.0 Å². The number of piperidine rings is 1. The number of nitrogens with zero attached hydrogens (tertiary/aromatic N) is 2. The SMILES string of the molecule is CN(C)c1cccc(C(=O)N2C[C@H](F)C[C@H](NC(=O)c3ccsc3)C2)c1. The number of likely N-dealkylation sites (tertiary alicyclic amines) is 1. The number of nitrogens with one attached hydrogen (secondary N) is 1. The maximum absolute atomic E-state index is 14.2. The number of rotatable bonds is 4. The van der Waals surface area contributed by atoms with Crippen molar-refractivity contribution in [3.63, 3.8) is 0 Å². The van der Waals surface area contributed by atoms with Crippen LogP contribution in [0.2, 0.25) is 0 Å². The Morgan fingerprint density at radius 1 is 1.23 bits per heavy atom. The van der Waals surface area contributed by atoms with Gasteiger partial charge in [0, 0.05) is 55.3 Å². The summed E-state index contributed by atoms with van der Waals surface area (Å²) in [6.07, 6.45) is -0.935. The van der Waals surface area contributed by atoms with Crippen molar-refractivity contribution in [2.24, 2.45) is 0 Å². The molecule has 0 radical (unpaired) electrons. The molecular weight excluding hydrogens is 353 g/mol. The first-order valence-electron chi connectivity index (χ1n) is 8.48. The molecule has 1 N–H and O–H groups in total. The highest BCUT2D eigenvalue weighted by Crippen LogP contribution is 2.20. The average molecular weight is 375 g/mol. The molecule has 0 aliphatic carbocycles. The van der Waals surface area contributed by atoms with Crippen molar-refractivity contribution in [3.05, 3.63) is 52.2 Å². The smallest absolute Gasteiger partial charge is 0.254 e. The topological polar surface area (TPSA) is 52.7 Å². The summed E-state index contributed by atoms with van der Waals surface area (Å²) in [5.41, 5.74) is 1.99. The van der Waals surface area contributed by atoms with Gasteiger partial charge in [0.25, 0.3) is 11.8 Å². The monoisotopic (exact) mass is 375 g/mol. The van der Waals surface area contributed by atoms with E-state index in [9.17, 15) is 14.0 Å². The van der Waals surface area contributed by atoms with Gasteiger partial charge in [-0.1, -0.05) is 6.07 Å². The third-order valence-corrected chi connectivity index (χ3v) is 5.10. The van der Waals surface area contributed by atoms with E-state index < -0.39 is 12.2 Å². The molecule has 2 amide bonds. The Balaban J connectivity index is 1.70. The lowest BCUT2D eigenvalue weighted by atomic mass is 10.0. The molecule has 2 atom stereocenters. The van der Waals surface area contributed by atoms with Gasteiger partial charge in [-0.2, -0.15) is 11.3 Å². The number of alkyl halides is 1. The first kappa shape index (κ1) is 18.4. The molecule has 3 rings (SSSR count). The van der Waals surface area contributed by atoms with Gasteiger partial charge < -0.3 is 15.1 Å². The second-order valence-electron chi connectivity index (χ2n) is 6.67. The van der Waals surface area contributed by atoms with E-state index in [1.165, 1.54) is 16.2 Å². The fraction of sp³-hybridized carbons (Fsp3) is 0.368. The number of hydrogen-bond acceptors (Lipinski definition) is 4. The Bertz CT molecular complexity index is 779. The molecule has 1 saturated heterocycles. The van der Waals surface area contributed by atoms with Gasteiger partial charge >= 0.3 is 0 Å². The Hall–Kier alpha value is -2.41. The maximum atomic E-state index is 14.2. The average Bonchev–Trinajstić information content (AvgIpc) is 3.15. The van der Waals surface area contributed by atoms with Crippen LogP contribution in [-0.2, 0) is 0 Å². The van der Waals surface area contributed by atoms with Crippen LogP contribution in [0.3, 0.4) is 0 Å². The molecule has 0 spiro atoms. The zero-order valence-corrected chi connectivity index (χ0v) is 15.6. The standard InChI is InChI=1S/C19H22FN3O2S/c1-22(2)17-5-3-4-13(8-17)19(25)23-10-15(20)9-16(11-23)21-18(24)14-6-7-26-12-14/h3-8,12,15-16H,9-11H2,1-2H3,(H,21,24)/t15-,16+/m1/s1. The van der Waals surface area contributed by atoms with Gasteiger partial charge in [-0.05, 0) is 29.6 Å². The maximum Gasteiger partial charge on any atom is 0.254 e. The minimum Gasteiger partial charge on any atom is -0.378 e. The van der Waals surface area contributed by atoms with E-state index in [-0.39, 0.29) is 24.8 Å². The van der Waals surface area contributed by atoms with Crippen LogP contribution < -0.4 is 10.2 Å². The quantitative estimate of drug-likeness (QED) is 0.894. The van der Waals surface area contributed by atoms with Crippen LogP contribution in [0.4, 0.5) is 10.1 Å². The van der Waals surface area contributed by atoms with Crippen LogP contribution in [0.5, 0.6) is 0 Å². The molecule has 0 unspecified atom stereocenters. The van der Waals surface area contributed by atoms with Crippen LogP contribution in [0, 0.1) is 0 Å². The van der Waals surface area contributed by atoms with E-state index in [2.05, 4.69) is 5.32 Å². The summed E-state index contributed by atoms with van der Waals surface area (Å²) in [4.78, 5) is 28.4. The minimum atomic E-state index is -1.16. The molecule has 5 nitrogen and oxygen atoms in total. The Labute approximate surface area is 156 Å². The van der Waals surface area contributed by atoms with E-state index in [0.29, 0.717) is 17.7 Å². The van der Waals surface area contributed by atoms with Gasteiger partial charge in [0.2, 0.25) is 0 Å². The predicted molar refractivity (Wildman–Crippen MR) is 102 cm³/mol. The van der Waals surface area contributed by atoms with Crippen LogP contribution in [0.25, 0.3) is 0 Å². The molecule has 0 bridgehead atoms. The van der Waals surface area contributed by atoms with Crippen LogP contribution in [-0.4, -0.2) is 56.1 Å². The summed E-state index contributed by atoms with van der Waals surface area (Å²) in [7, 11) is 3.80. The molecule has 26 heavy (non-hydrogen) atoms. The molecule has 1 aromatic carbocycles. The Kier molecular flexibility index (Phi) is 5.56. The summed E-state index contributed by atoms with van der Waals surface area (Å²) < 4.78 is 14.2. The molecule has 2 aromatic rings. The van der Waals surface area contributed by atoms with Gasteiger partial charge in [0.05, 0.1) is 6.54 Å². The first-order valence-corrected chi connectivity index (χ1v) is 9.42. The van der Waals surface area contributed by atoms with Crippen molar-refractivity contribution >= 4 is 28.8 Å². The predicted octanol–water partition coefficient (Wildman–Crippen LogP) is 2.80.